The molecule has 1 amide bonds. The van der Waals surface area contributed by atoms with Crippen LogP contribution in [0.3, 0.4) is 0 Å². The lowest BCUT2D eigenvalue weighted by atomic mass is 10.2. The number of carbonyl (C=O) groups excluding carboxylic acids is 1. The van der Waals surface area contributed by atoms with Crippen molar-refractivity contribution in [3.63, 3.8) is 0 Å². The zero-order chi connectivity index (χ0) is 17.3. The van der Waals surface area contributed by atoms with Crippen molar-refractivity contribution in [2.24, 2.45) is 5.10 Å². The van der Waals surface area contributed by atoms with Crippen LogP contribution in [0.15, 0.2) is 64.6 Å². The van der Waals surface area contributed by atoms with Crippen molar-refractivity contribution in [2.75, 3.05) is 5.01 Å². The Morgan fingerprint density at radius 3 is 2.25 bits per heavy atom. The van der Waals surface area contributed by atoms with Crippen molar-refractivity contribution in [3.05, 3.63) is 60.2 Å². The van der Waals surface area contributed by atoms with E-state index in [0.29, 0.717) is 11.4 Å². The summed E-state index contributed by atoms with van der Waals surface area (Å²) >= 11 is 0. The van der Waals surface area contributed by atoms with Crippen LogP contribution in [0.2, 0.25) is 0 Å². The molecule has 3 rings (SSSR count). The minimum atomic E-state index is -3.81. The zero-order valence-corrected chi connectivity index (χ0v) is 14.1. The number of rotatable bonds is 4. The van der Waals surface area contributed by atoms with Crippen molar-refractivity contribution in [1.82, 2.24) is 4.72 Å². The monoisotopic (exact) mass is 343 g/mol. The average molecular weight is 343 g/mol. The fourth-order valence-electron chi connectivity index (χ4n) is 2.40. The summed E-state index contributed by atoms with van der Waals surface area (Å²) in [4.78, 5) is 12.7. The Kier molecular flexibility index (Phi) is 4.21. The average Bonchev–Trinajstić information content (AvgIpc) is 2.84. The van der Waals surface area contributed by atoms with Gasteiger partial charge in [-0.1, -0.05) is 35.9 Å². The van der Waals surface area contributed by atoms with Gasteiger partial charge < -0.3 is 0 Å². The van der Waals surface area contributed by atoms with E-state index < -0.39 is 22.0 Å². The molecule has 6 nitrogen and oxygen atoms in total. The summed E-state index contributed by atoms with van der Waals surface area (Å²) < 4.78 is 27.4. The topological polar surface area (TPSA) is 78.8 Å². The number of sulfonamides is 1. The number of carbonyl (C=O) groups is 1. The molecular weight excluding hydrogens is 326 g/mol. The van der Waals surface area contributed by atoms with E-state index in [-0.39, 0.29) is 4.90 Å². The summed E-state index contributed by atoms with van der Waals surface area (Å²) in [6.45, 7) is 3.50. The molecule has 1 aliphatic rings. The van der Waals surface area contributed by atoms with Crippen LogP contribution in [0.1, 0.15) is 12.5 Å². The molecule has 7 heteroatoms. The Morgan fingerprint density at radius 1 is 1.00 bits per heavy atom. The lowest BCUT2D eigenvalue weighted by molar-refractivity contribution is -0.118. The van der Waals surface area contributed by atoms with E-state index in [4.69, 9.17) is 0 Å². The molecule has 1 N–H and O–H groups in total. The van der Waals surface area contributed by atoms with Crippen molar-refractivity contribution in [3.8, 4) is 0 Å². The van der Waals surface area contributed by atoms with Gasteiger partial charge in [0.1, 0.15) is 6.04 Å². The first-order valence-electron chi connectivity index (χ1n) is 7.41. The third-order valence-electron chi connectivity index (χ3n) is 3.74. The van der Waals surface area contributed by atoms with Crippen LogP contribution < -0.4 is 9.73 Å². The third-order valence-corrected chi connectivity index (χ3v) is 5.18. The van der Waals surface area contributed by atoms with E-state index in [9.17, 15) is 13.2 Å². The quantitative estimate of drug-likeness (QED) is 0.923. The Labute approximate surface area is 140 Å². The molecule has 1 aliphatic heterocycles. The summed E-state index contributed by atoms with van der Waals surface area (Å²) in [6, 6.07) is 14.3. The van der Waals surface area contributed by atoms with Gasteiger partial charge in [0.05, 0.1) is 16.3 Å². The van der Waals surface area contributed by atoms with Crippen LogP contribution in [-0.4, -0.2) is 26.1 Å². The maximum Gasteiger partial charge on any atom is 0.271 e. The molecule has 124 valence electrons. The van der Waals surface area contributed by atoms with Crippen LogP contribution in [0.5, 0.6) is 0 Å². The largest absolute Gasteiger partial charge is 0.271 e. The number of nitrogens with zero attached hydrogens (tertiary/aromatic N) is 2. The van der Waals surface area contributed by atoms with Crippen LogP contribution >= 0.6 is 0 Å². The second kappa shape index (κ2) is 6.18. The first kappa shape index (κ1) is 16.4. The Hall–Kier alpha value is -2.51. The molecule has 2 aromatic rings. The summed E-state index contributed by atoms with van der Waals surface area (Å²) in [7, 11) is -3.81. The standard InChI is InChI=1S/C17H17N3O3S/c1-12-8-10-15(11-9-12)24(22,23)19-16-13(2)18-20(17(16)21)14-6-4-3-5-7-14/h3-11,16,19H,1-2H3. The summed E-state index contributed by atoms with van der Waals surface area (Å²) in [5.41, 5.74) is 1.96. The molecule has 0 saturated carbocycles. The predicted octanol–water partition coefficient (Wildman–Crippen LogP) is 2.06. The number of anilines is 1. The van der Waals surface area contributed by atoms with Crippen molar-refractivity contribution < 1.29 is 13.2 Å². The molecule has 0 bridgehead atoms. The normalized spacial score (nSPS) is 17.9. The Morgan fingerprint density at radius 2 is 1.62 bits per heavy atom. The van der Waals surface area contributed by atoms with E-state index >= 15 is 0 Å². The maximum absolute atomic E-state index is 12.6. The second-order valence-electron chi connectivity index (χ2n) is 5.59. The van der Waals surface area contributed by atoms with Crippen molar-refractivity contribution in [1.29, 1.82) is 0 Å². The highest BCUT2D eigenvalue weighted by atomic mass is 32.2. The first-order chi connectivity index (χ1) is 11.4. The summed E-state index contributed by atoms with van der Waals surface area (Å²) in [5, 5.41) is 5.41. The van der Waals surface area contributed by atoms with Gasteiger partial charge in [0.15, 0.2) is 0 Å². The van der Waals surface area contributed by atoms with Crippen LogP contribution in [0.25, 0.3) is 0 Å². The first-order valence-corrected chi connectivity index (χ1v) is 8.90. The van der Waals surface area contributed by atoms with Gasteiger partial charge >= 0.3 is 0 Å². The molecule has 0 aromatic heterocycles. The van der Waals surface area contributed by atoms with Crippen LogP contribution in [-0.2, 0) is 14.8 Å². The number of hydrogen-bond acceptors (Lipinski definition) is 4. The van der Waals surface area contributed by atoms with E-state index in [1.807, 2.05) is 13.0 Å². The van der Waals surface area contributed by atoms with Crippen molar-refractivity contribution in [2.45, 2.75) is 24.8 Å². The number of amides is 1. The molecule has 1 atom stereocenters. The SMILES string of the molecule is CC1=NN(c2ccccc2)C(=O)C1NS(=O)(=O)c1ccc(C)cc1. The van der Waals surface area contributed by atoms with Crippen molar-refractivity contribution >= 4 is 27.3 Å². The predicted molar refractivity (Wildman–Crippen MR) is 92.3 cm³/mol. The van der Waals surface area contributed by atoms with E-state index in [0.717, 1.165) is 5.56 Å². The maximum atomic E-state index is 12.6. The number of benzene rings is 2. The van der Waals surface area contributed by atoms with Gasteiger partial charge in [-0.15, -0.1) is 0 Å². The Bertz CT molecular complexity index is 890. The van der Waals surface area contributed by atoms with Gasteiger partial charge in [-0.2, -0.15) is 14.8 Å². The molecule has 2 aromatic carbocycles. The fourth-order valence-corrected chi connectivity index (χ4v) is 3.61. The molecule has 1 heterocycles. The summed E-state index contributed by atoms with van der Waals surface area (Å²) in [5.74, 6) is -0.422. The highest BCUT2D eigenvalue weighted by Crippen LogP contribution is 2.21. The minimum Gasteiger partial charge on any atom is -0.270 e. The van der Waals surface area contributed by atoms with Crippen LogP contribution in [0.4, 0.5) is 5.69 Å². The lowest BCUT2D eigenvalue weighted by Gasteiger charge is -2.15. The van der Waals surface area contributed by atoms with E-state index in [1.54, 1.807) is 43.3 Å². The third kappa shape index (κ3) is 3.08. The molecule has 0 spiro atoms. The van der Waals surface area contributed by atoms with E-state index in [2.05, 4.69) is 9.82 Å². The fraction of sp³-hybridized carbons (Fsp3) is 0.176. The molecular formula is C17H17N3O3S. The minimum absolute atomic E-state index is 0.117. The highest BCUT2D eigenvalue weighted by Gasteiger charge is 2.37. The van der Waals surface area contributed by atoms with Gasteiger partial charge in [0.2, 0.25) is 10.0 Å². The molecule has 0 fully saturated rings. The van der Waals surface area contributed by atoms with Gasteiger partial charge in [-0.25, -0.2) is 8.42 Å². The second-order valence-corrected chi connectivity index (χ2v) is 7.31. The Balaban J connectivity index is 1.85. The van der Waals surface area contributed by atoms with Gasteiger partial charge in [0, 0.05) is 0 Å². The number of para-hydroxylation sites is 1. The molecule has 24 heavy (non-hydrogen) atoms. The molecule has 0 radical (unpaired) electrons. The summed E-state index contributed by atoms with van der Waals surface area (Å²) in [6.07, 6.45) is 0. The number of nitrogens with one attached hydrogen (secondary N) is 1. The van der Waals surface area contributed by atoms with Crippen LogP contribution in [0, 0.1) is 6.92 Å². The molecule has 1 unspecified atom stereocenters. The smallest absolute Gasteiger partial charge is 0.270 e. The lowest BCUT2D eigenvalue weighted by Crippen LogP contribution is -2.45. The molecule has 0 saturated heterocycles. The van der Waals surface area contributed by atoms with Gasteiger partial charge in [-0.05, 0) is 38.1 Å². The number of aryl methyl sites for hydroxylation is 1. The van der Waals surface area contributed by atoms with E-state index in [1.165, 1.54) is 17.1 Å². The zero-order valence-electron chi connectivity index (χ0n) is 13.3. The number of hydrogen-bond donors (Lipinski definition) is 1. The van der Waals surface area contributed by atoms with Gasteiger partial charge in [-0.3, -0.25) is 4.79 Å². The van der Waals surface area contributed by atoms with Gasteiger partial charge in [0.25, 0.3) is 5.91 Å². The molecule has 0 aliphatic carbocycles. The highest BCUT2D eigenvalue weighted by molar-refractivity contribution is 7.89. The number of hydrazone groups is 1.